The molecule has 1 N–H and O–H groups in total. The minimum atomic E-state index is -0.326. The van der Waals surface area contributed by atoms with E-state index in [1.54, 1.807) is 0 Å². The van der Waals surface area contributed by atoms with Crippen LogP contribution in [0.15, 0.2) is 24.3 Å². The summed E-state index contributed by atoms with van der Waals surface area (Å²) in [5.74, 6) is 0.797. The van der Waals surface area contributed by atoms with Gasteiger partial charge in [-0.15, -0.1) is 11.3 Å². The molecule has 5 rings (SSSR count). The number of methoxy groups -OCH3 is 1. The van der Waals surface area contributed by atoms with E-state index in [9.17, 15) is 9.59 Å². The van der Waals surface area contributed by atoms with Gasteiger partial charge < -0.3 is 19.4 Å². The molecule has 1 fully saturated rings. The number of esters is 1. The second-order valence-corrected chi connectivity index (χ2v) is 10.0. The zero-order valence-corrected chi connectivity index (χ0v) is 20.1. The van der Waals surface area contributed by atoms with Crippen molar-refractivity contribution in [2.45, 2.75) is 64.3 Å². The van der Waals surface area contributed by atoms with Crippen LogP contribution in [-0.4, -0.2) is 30.2 Å². The molecule has 0 unspecified atom stereocenters. The third kappa shape index (κ3) is 4.03. The van der Waals surface area contributed by atoms with Crippen LogP contribution in [0.5, 0.6) is 5.75 Å². The van der Waals surface area contributed by atoms with Crippen LogP contribution >= 0.6 is 11.3 Å². The highest BCUT2D eigenvalue weighted by Crippen LogP contribution is 2.49. The van der Waals surface area contributed by atoms with Crippen LogP contribution in [0.1, 0.15) is 73.0 Å². The van der Waals surface area contributed by atoms with Crippen LogP contribution in [-0.2, 0) is 16.1 Å². The molecule has 3 heterocycles. The molecule has 0 spiro atoms. The van der Waals surface area contributed by atoms with E-state index in [1.165, 1.54) is 43.3 Å². The van der Waals surface area contributed by atoms with Crippen molar-refractivity contribution < 1.29 is 19.1 Å². The van der Waals surface area contributed by atoms with E-state index in [2.05, 4.69) is 22.9 Å². The lowest BCUT2D eigenvalue weighted by molar-refractivity contribution is -0.116. The molecule has 1 amide bonds. The van der Waals surface area contributed by atoms with Crippen molar-refractivity contribution in [1.29, 1.82) is 0 Å². The number of ether oxygens (including phenoxy) is 2. The predicted molar refractivity (Wildman–Crippen MR) is 131 cm³/mol. The Hall–Kier alpha value is -2.80. The van der Waals surface area contributed by atoms with Crippen molar-refractivity contribution in [3.8, 4) is 17.0 Å². The Bertz CT molecular complexity index is 1200. The fourth-order valence-corrected chi connectivity index (χ4v) is 6.37. The zero-order valence-electron chi connectivity index (χ0n) is 19.2. The number of unbranched alkanes of at least 4 members (excludes halogenated alkanes) is 1. The summed E-state index contributed by atoms with van der Waals surface area (Å²) in [4.78, 5) is 25.8. The van der Waals surface area contributed by atoms with E-state index in [4.69, 9.17) is 9.47 Å². The van der Waals surface area contributed by atoms with Crippen LogP contribution < -0.4 is 10.1 Å². The van der Waals surface area contributed by atoms with E-state index in [0.717, 1.165) is 58.6 Å². The molecule has 2 aromatic heterocycles. The van der Waals surface area contributed by atoms with Gasteiger partial charge in [0.25, 0.3) is 0 Å². The third-order valence-corrected chi connectivity index (χ3v) is 7.90. The summed E-state index contributed by atoms with van der Waals surface area (Å²) in [6, 6.07) is 7.92. The van der Waals surface area contributed by atoms with Crippen LogP contribution in [0.3, 0.4) is 0 Å². The first-order valence-electron chi connectivity index (χ1n) is 11.9. The average molecular weight is 467 g/mol. The molecule has 1 aliphatic carbocycles. The Labute approximate surface area is 197 Å². The van der Waals surface area contributed by atoms with Gasteiger partial charge in [0, 0.05) is 11.6 Å². The van der Waals surface area contributed by atoms with Gasteiger partial charge in [-0.2, -0.15) is 0 Å². The van der Waals surface area contributed by atoms with Crippen molar-refractivity contribution >= 4 is 39.1 Å². The lowest BCUT2D eigenvalue weighted by Gasteiger charge is -2.23. The van der Waals surface area contributed by atoms with Gasteiger partial charge >= 0.3 is 5.97 Å². The second-order valence-electron chi connectivity index (χ2n) is 8.96. The number of thiophene rings is 1. The molecule has 0 bridgehead atoms. The van der Waals surface area contributed by atoms with Gasteiger partial charge in [-0.05, 0) is 48.9 Å². The normalized spacial score (nSPS) is 16.1. The highest BCUT2D eigenvalue weighted by Gasteiger charge is 2.32. The Morgan fingerprint density at radius 3 is 2.79 bits per heavy atom. The summed E-state index contributed by atoms with van der Waals surface area (Å²) in [6.45, 7) is 3.02. The van der Waals surface area contributed by atoms with Crippen molar-refractivity contribution in [3.63, 3.8) is 0 Å². The fraction of sp³-hybridized carbons (Fsp3) is 0.462. The maximum atomic E-state index is 12.9. The molecule has 0 atom stereocenters. The number of aromatic nitrogens is 1. The van der Waals surface area contributed by atoms with Gasteiger partial charge in [0.1, 0.15) is 17.2 Å². The summed E-state index contributed by atoms with van der Waals surface area (Å²) in [6.07, 6.45) is 8.02. The summed E-state index contributed by atoms with van der Waals surface area (Å²) in [5.41, 5.74) is 5.15. The minimum Gasteiger partial charge on any atom is -0.494 e. The molecule has 0 radical (unpaired) electrons. The van der Waals surface area contributed by atoms with Crippen molar-refractivity contribution in [2.24, 2.45) is 0 Å². The Kier molecular flexibility index (Phi) is 6.15. The predicted octanol–water partition coefficient (Wildman–Crippen LogP) is 6.34. The molecule has 1 saturated carbocycles. The van der Waals surface area contributed by atoms with Crippen molar-refractivity contribution in [2.75, 3.05) is 19.0 Å². The lowest BCUT2D eigenvalue weighted by Crippen LogP contribution is -2.16. The van der Waals surface area contributed by atoms with Crippen LogP contribution in [0.2, 0.25) is 0 Å². The van der Waals surface area contributed by atoms with Crippen LogP contribution in [0.25, 0.3) is 21.5 Å². The van der Waals surface area contributed by atoms with Crippen molar-refractivity contribution in [1.82, 2.24) is 4.57 Å². The Balaban J connectivity index is 1.69. The lowest BCUT2D eigenvalue weighted by atomic mass is 9.83. The average Bonchev–Trinajstić information content (AvgIpc) is 3.33. The van der Waals surface area contributed by atoms with Gasteiger partial charge in [0.15, 0.2) is 0 Å². The minimum absolute atomic E-state index is 0.0707. The maximum Gasteiger partial charge on any atom is 0.348 e. The smallest absolute Gasteiger partial charge is 0.348 e. The quantitative estimate of drug-likeness (QED) is 0.340. The molecule has 2 aliphatic rings. The first-order valence-corrected chi connectivity index (χ1v) is 12.7. The third-order valence-electron chi connectivity index (χ3n) is 6.76. The van der Waals surface area contributed by atoms with E-state index >= 15 is 0 Å². The van der Waals surface area contributed by atoms with Gasteiger partial charge in [0.2, 0.25) is 5.91 Å². The number of amides is 1. The van der Waals surface area contributed by atoms with E-state index < -0.39 is 0 Å². The van der Waals surface area contributed by atoms with Gasteiger partial charge in [-0.25, -0.2) is 4.79 Å². The van der Waals surface area contributed by atoms with E-state index in [-0.39, 0.29) is 18.4 Å². The first-order chi connectivity index (χ1) is 16.1. The summed E-state index contributed by atoms with van der Waals surface area (Å²) in [5, 5.41) is 3.09. The molecule has 3 aromatic rings. The van der Waals surface area contributed by atoms with Crippen LogP contribution in [0, 0.1) is 0 Å². The topological polar surface area (TPSA) is 69.6 Å². The Morgan fingerprint density at radius 1 is 1.21 bits per heavy atom. The molecule has 6 nitrogen and oxygen atoms in total. The number of carbonyl (C=O) groups excluding carboxylic acids is 2. The molecule has 7 heteroatoms. The number of carbonyl (C=O) groups is 2. The van der Waals surface area contributed by atoms with E-state index in [0.29, 0.717) is 17.4 Å². The fourth-order valence-electron chi connectivity index (χ4n) is 5.16. The second kappa shape index (κ2) is 9.21. The molecular formula is C26H30N2O4S. The summed E-state index contributed by atoms with van der Waals surface area (Å²) >= 11 is 1.49. The number of nitrogens with one attached hydrogen (secondary N) is 1. The number of anilines is 1. The summed E-state index contributed by atoms with van der Waals surface area (Å²) < 4.78 is 14.1. The molecular weight excluding hydrogens is 436 g/mol. The largest absolute Gasteiger partial charge is 0.494 e. The van der Waals surface area contributed by atoms with E-state index in [1.807, 2.05) is 18.2 Å². The van der Waals surface area contributed by atoms with Crippen LogP contribution in [0.4, 0.5) is 5.69 Å². The number of nitrogens with zero attached hydrogens (tertiary/aromatic N) is 1. The van der Waals surface area contributed by atoms with Crippen molar-refractivity contribution in [3.05, 3.63) is 34.7 Å². The monoisotopic (exact) mass is 466 g/mol. The maximum absolute atomic E-state index is 12.9. The number of hydrogen-bond acceptors (Lipinski definition) is 5. The number of rotatable bonds is 6. The van der Waals surface area contributed by atoms with Gasteiger partial charge in [-0.1, -0.05) is 32.6 Å². The number of benzene rings is 1. The molecule has 1 aliphatic heterocycles. The first kappa shape index (κ1) is 22.0. The van der Waals surface area contributed by atoms with Gasteiger partial charge in [0.05, 0.1) is 35.3 Å². The Morgan fingerprint density at radius 2 is 2.03 bits per heavy atom. The standard InChI is InChI=1S/C26H30N2O4S/c1-3-4-12-32-17-10-11-18-19(13-17)27-22(29)15-28-20-14-21(26(30)31-2)33-25(20)23(24(18)28)16-8-6-5-7-9-16/h10-11,13-14,16H,3-9,12,15H2,1-2H3,(H,27,29). The number of fused-ring (bicyclic) bond motifs is 5. The summed E-state index contributed by atoms with van der Waals surface area (Å²) in [7, 11) is 1.41. The molecule has 1 aromatic carbocycles. The zero-order chi connectivity index (χ0) is 22.9. The highest BCUT2D eigenvalue weighted by atomic mass is 32.1. The molecule has 33 heavy (non-hydrogen) atoms. The number of hydrogen-bond donors (Lipinski definition) is 1. The molecule has 174 valence electrons. The highest BCUT2D eigenvalue weighted by molar-refractivity contribution is 7.21. The SMILES string of the molecule is CCCCOc1ccc2c(c1)NC(=O)Cn1c-2c(C2CCCCC2)c2sc(C(=O)OC)cc21. The molecule has 0 saturated heterocycles. The van der Waals surface area contributed by atoms with Gasteiger partial charge in [-0.3, -0.25) is 4.79 Å².